The van der Waals surface area contributed by atoms with Crippen LogP contribution in [-0.2, 0) is 11.3 Å². The SMILES string of the molecule is CC1CC(=O)CCN1Cc1sccc1Br. The molecule has 0 radical (unpaired) electrons. The third-order valence-corrected chi connectivity index (χ3v) is 4.77. The molecule has 0 saturated carbocycles. The molecule has 0 bridgehead atoms. The summed E-state index contributed by atoms with van der Waals surface area (Å²) in [4.78, 5) is 15.0. The average Bonchev–Trinajstić information content (AvgIpc) is 2.57. The maximum absolute atomic E-state index is 11.3. The fraction of sp³-hybridized carbons (Fsp3) is 0.545. The minimum atomic E-state index is 0.389. The average molecular weight is 288 g/mol. The Morgan fingerprint density at radius 2 is 2.47 bits per heavy atom. The highest BCUT2D eigenvalue weighted by molar-refractivity contribution is 9.10. The van der Waals surface area contributed by atoms with Gasteiger partial charge in [-0.05, 0) is 34.3 Å². The number of rotatable bonds is 2. The van der Waals surface area contributed by atoms with Crippen molar-refractivity contribution in [1.82, 2.24) is 4.90 Å². The summed E-state index contributed by atoms with van der Waals surface area (Å²) in [5, 5.41) is 2.10. The summed E-state index contributed by atoms with van der Waals surface area (Å²) in [6.45, 7) is 4.01. The van der Waals surface area contributed by atoms with Crippen LogP contribution in [0, 0.1) is 0 Å². The molecular formula is C11H14BrNOS. The van der Waals surface area contributed by atoms with Crippen molar-refractivity contribution in [3.63, 3.8) is 0 Å². The Bertz CT molecular complexity index is 363. The van der Waals surface area contributed by atoms with E-state index < -0.39 is 0 Å². The van der Waals surface area contributed by atoms with E-state index in [-0.39, 0.29) is 0 Å². The maximum Gasteiger partial charge on any atom is 0.135 e. The van der Waals surface area contributed by atoms with E-state index in [4.69, 9.17) is 0 Å². The number of thiophene rings is 1. The van der Waals surface area contributed by atoms with Gasteiger partial charge < -0.3 is 0 Å². The highest BCUT2D eigenvalue weighted by Gasteiger charge is 2.23. The molecule has 1 fully saturated rings. The van der Waals surface area contributed by atoms with E-state index in [1.807, 2.05) is 0 Å². The lowest BCUT2D eigenvalue weighted by atomic mass is 10.0. The highest BCUT2D eigenvalue weighted by atomic mass is 79.9. The number of halogens is 1. The second-order valence-electron chi connectivity index (χ2n) is 4.00. The first kappa shape index (κ1) is 11.3. The Morgan fingerprint density at radius 3 is 3.07 bits per heavy atom. The van der Waals surface area contributed by atoms with Gasteiger partial charge in [0.2, 0.25) is 0 Å². The van der Waals surface area contributed by atoms with Gasteiger partial charge in [0.25, 0.3) is 0 Å². The predicted octanol–water partition coefficient (Wildman–Crippen LogP) is 3.06. The van der Waals surface area contributed by atoms with Crippen LogP contribution < -0.4 is 0 Å². The fourth-order valence-electron chi connectivity index (χ4n) is 1.91. The topological polar surface area (TPSA) is 20.3 Å². The number of piperidine rings is 1. The van der Waals surface area contributed by atoms with Crippen LogP contribution in [0.2, 0.25) is 0 Å². The molecule has 0 amide bonds. The monoisotopic (exact) mass is 287 g/mol. The maximum atomic E-state index is 11.3. The molecule has 2 rings (SSSR count). The predicted molar refractivity (Wildman–Crippen MR) is 66.1 cm³/mol. The van der Waals surface area contributed by atoms with Crippen LogP contribution in [0.4, 0.5) is 0 Å². The molecule has 1 unspecified atom stereocenters. The van der Waals surface area contributed by atoms with Crippen LogP contribution in [0.5, 0.6) is 0 Å². The van der Waals surface area contributed by atoms with Gasteiger partial charge in [-0.25, -0.2) is 0 Å². The first-order chi connectivity index (χ1) is 7.16. The van der Waals surface area contributed by atoms with Gasteiger partial charge in [-0.2, -0.15) is 0 Å². The quantitative estimate of drug-likeness (QED) is 0.833. The van der Waals surface area contributed by atoms with Crippen molar-refractivity contribution < 1.29 is 4.79 Å². The van der Waals surface area contributed by atoms with Crippen molar-refractivity contribution in [1.29, 1.82) is 0 Å². The number of carbonyl (C=O) groups is 1. The largest absolute Gasteiger partial charge is 0.300 e. The lowest BCUT2D eigenvalue weighted by molar-refractivity contribution is -0.123. The molecule has 0 spiro atoms. The summed E-state index contributed by atoms with van der Waals surface area (Å²) in [6, 6.07) is 2.47. The van der Waals surface area contributed by atoms with Crippen LogP contribution >= 0.6 is 27.3 Å². The number of hydrogen-bond acceptors (Lipinski definition) is 3. The molecule has 1 aromatic heterocycles. The van der Waals surface area contributed by atoms with Gasteiger partial charge in [-0.15, -0.1) is 11.3 Å². The summed E-state index contributed by atoms with van der Waals surface area (Å²) in [5.74, 6) is 0.406. The third kappa shape index (κ3) is 2.68. The van der Waals surface area contributed by atoms with Crippen molar-refractivity contribution >= 4 is 33.0 Å². The van der Waals surface area contributed by atoms with E-state index in [1.54, 1.807) is 11.3 Å². The van der Waals surface area contributed by atoms with Gasteiger partial charge in [0, 0.05) is 41.3 Å². The van der Waals surface area contributed by atoms with E-state index in [0.29, 0.717) is 24.7 Å². The number of ketones is 1. The van der Waals surface area contributed by atoms with Crippen molar-refractivity contribution in [3.8, 4) is 0 Å². The molecule has 1 aliphatic heterocycles. The van der Waals surface area contributed by atoms with Crippen molar-refractivity contribution in [3.05, 3.63) is 20.8 Å². The molecule has 82 valence electrons. The van der Waals surface area contributed by atoms with Crippen LogP contribution in [0.1, 0.15) is 24.6 Å². The van der Waals surface area contributed by atoms with Gasteiger partial charge in [-0.1, -0.05) is 0 Å². The number of hydrogen-bond donors (Lipinski definition) is 0. The molecule has 2 nitrogen and oxygen atoms in total. The van der Waals surface area contributed by atoms with Gasteiger partial charge in [0.1, 0.15) is 5.78 Å². The van der Waals surface area contributed by atoms with E-state index in [9.17, 15) is 4.79 Å². The smallest absolute Gasteiger partial charge is 0.135 e. The fourth-order valence-corrected chi connectivity index (χ4v) is 3.41. The lowest BCUT2D eigenvalue weighted by Crippen LogP contribution is -2.40. The minimum absolute atomic E-state index is 0.389. The zero-order valence-corrected chi connectivity index (χ0v) is 11.1. The molecule has 1 aromatic rings. The second-order valence-corrected chi connectivity index (χ2v) is 5.86. The first-order valence-electron chi connectivity index (χ1n) is 5.14. The van der Waals surface area contributed by atoms with Crippen molar-refractivity contribution in [2.75, 3.05) is 6.54 Å². The Labute approximate surface area is 102 Å². The van der Waals surface area contributed by atoms with Gasteiger partial charge in [0.15, 0.2) is 0 Å². The molecular weight excluding hydrogens is 274 g/mol. The van der Waals surface area contributed by atoms with E-state index in [2.05, 4.69) is 39.2 Å². The summed E-state index contributed by atoms with van der Waals surface area (Å²) in [7, 11) is 0. The highest BCUT2D eigenvalue weighted by Crippen LogP contribution is 2.26. The van der Waals surface area contributed by atoms with Crippen LogP contribution in [0.3, 0.4) is 0 Å². The number of nitrogens with zero attached hydrogens (tertiary/aromatic N) is 1. The molecule has 1 atom stereocenters. The summed E-state index contributed by atoms with van der Waals surface area (Å²) >= 11 is 5.31. The van der Waals surface area contributed by atoms with E-state index in [1.165, 1.54) is 9.35 Å². The second kappa shape index (κ2) is 4.76. The Balaban J connectivity index is 2.00. The van der Waals surface area contributed by atoms with Crippen LogP contribution in [-0.4, -0.2) is 23.3 Å². The summed E-state index contributed by atoms with van der Waals surface area (Å²) in [5.41, 5.74) is 0. The number of likely N-dealkylation sites (tertiary alicyclic amines) is 1. The molecule has 0 aliphatic carbocycles. The molecule has 4 heteroatoms. The van der Waals surface area contributed by atoms with E-state index >= 15 is 0 Å². The lowest BCUT2D eigenvalue weighted by Gasteiger charge is -2.32. The molecule has 15 heavy (non-hydrogen) atoms. The molecule has 2 heterocycles. The van der Waals surface area contributed by atoms with Gasteiger partial charge in [0.05, 0.1) is 0 Å². The number of carbonyl (C=O) groups excluding carboxylic acids is 1. The van der Waals surface area contributed by atoms with E-state index in [0.717, 1.165) is 13.1 Å². The zero-order chi connectivity index (χ0) is 10.8. The Morgan fingerprint density at radius 1 is 1.67 bits per heavy atom. The van der Waals surface area contributed by atoms with Crippen molar-refractivity contribution in [2.45, 2.75) is 32.4 Å². The third-order valence-electron chi connectivity index (χ3n) is 2.86. The molecule has 0 N–H and O–H groups in total. The summed E-state index contributed by atoms with van der Waals surface area (Å²) in [6.07, 6.45) is 1.43. The standard InChI is InChI=1S/C11H14BrNOS/c1-8-6-9(14)2-4-13(8)7-11-10(12)3-5-15-11/h3,5,8H,2,4,6-7H2,1H3. The Kier molecular flexibility index (Phi) is 3.59. The van der Waals surface area contributed by atoms with Crippen LogP contribution in [0.25, 0.3) is 0 Å². The van der Waals surface area contributed by atoms with Gasteiger partial charge in [-0.3, -0.25) is 9.69 Å². The first-order valence-corrected chi connectivity index (χ1v) is 6.81. The Hall–Kier alpha value is -0.190. The van der Waals surface area contributed by atoms with Crippen molar-refractivity contribution in [2.24, 2.45) is 0 Å². The minimum Gasteiger partial charge on any atom is -0.300 e. The zero-order valence-electron chi connectivity index (χ0n) is 8.70. The van der Waals surface area contributed by atoms with Crippen LogP contribution in [0.15, 0.2) is 15.9 Å². The normalized spacial score (nSPS) is 23.3. The van der Waals surface area contributed by atoms with Gasteiger partial charge >= 0.3 is 0 Å². The molecule has 1 saturated heterocycles. The summed E-state index contributed by atoms with van der Waals surface area (Å²) < 4.78 is 1.19. The molecule has 1 aliphatic rings. The number of Topliss-reactive ketones (excluding diaryl/α,β-unsaturated/α-hetero) is 1. The molecule has 0 aromatic carbocycles.